The van der Waals surface area contributed by atoms with Crippen molar-refractivity contribution in [2.45, 2.75) is 30.6 Å². The number of aromatic amines is 1. The van der Waals surface area contributed by atoms with E-state index in [1.807, 2.05) is 31.2 Å². The van der Waals surface area contributed by atoms with E-state index < -0.39 is 10.0 Å². The van der Waals surface area contributed by atoms with E-state index in [0.29, 0.717) is 24.7 Å². The van der Waals surface area contributed by atoms with Gasteiger partial charge in [0.05, 0.1) is 0 Å². The number of hydrogen-bond acceptors (Lipinski definition) is 4. The van der Waals surface area contributed by atoms with Crippen LogP contribution < -0.4 is 4.72 Å². The number of likely N-dealkylation sites (tertiary alicyclic amines) is 1. The summed E-state index contributed by atoms with van der Waals surface area (Å²) < 4.78 is 28.6. The van der Waals surface area contributed by atoms with E-state index in [4.69, 9.17) is 0 Å². The molecule has 0 aliphatic carbocycles. The lowest BCUT2D eigenvalue weighted by molar-refractivity contribution is 0.0714. The Labute approximate surface area is 197 Å². The van der Waals surface area contributed by atoms with Crippen LogP contribution >= 0.6 is 11.3 Å². The van der Waals surface area contributed by atoms with Gasteiger partial charge >= 0.3 is 0 Å². The number of nitrogens with one attached hydrogen (secondary N) is 2. The average molecular weight is 480 g/mol. The van der Waals surface area contributed by atoms with Gasteiger partial charge in [-0.1, -0.05) is 35.9 Å². The Kier molecular flexibility index (Phi) is 5.72. The summed E-state index contributed by atoms with van der Waals surface area (Å²) in [7, 11) is -3.86. The zero-order valence-corrected chi connectivity index (χ0v) is 19.9. The number of benzene rings is 2. The second kappa shape index (κ2) is 8.68. The molecular formula is C25H25N3O3S2. The minimum absolute atomic E-state index is 0.0387. The lowest BCUT2D eigenvalue weighted by Gasteiger charge is -2.32. The molecule has 0 unspecified atom stereocenters. The van der Waals surface area contributed by atoms with Crippen LogP contribution in [0.15, 0.2) is 71.1 Å². The van der Waals surface area contributed by atoms with Crippen molar-refractivity contribution in [3.63, 3.8) is 0 Å². The Morgan fingerprint density at radius 1 is 1.06 bits per heavy atom. The maximum absolute atomic E-state index is 13.3. The van der Waals surface area contributed by atoms with Gasteiger partial charge in [-0.15, -0.1) is 11.3 Å². The maximum atomic E-state index is 13.3. The molecule has 1 aliphatic heterocycles. The van der Waals surface area contributed by atoms with Gasteiger partial charge in [0.15, 0.2) is 0 Å². The maximum Gasteiger partial charge on any atom is 0.265 e. The highest BCUT2D eigenvalue weighted by Gasteiger charge is 2.30. The number of para-hydroxylation sites is 1. The molecule has 1 fully saturated rings. The number of nitrogens with zero attached hydrogens (tertiary/aromatic N) is 1. The molecule has 0 bridgehead atoms. The minimum Gasteiger partial charge on any atom is -0.361 e. The molecule has 3 heterocycles. The van der Waals surface area contributed by atoms with Crippen LogP contribution in [-0.4, -0.2) is 37.3 Å². The van der Waals surface area contributed by atoms with Crippen molar-refractivity contribution in [1.29, 1.82) is 0 Å². The van der Waals surface area contributed by atoms with Gasteiger partial charge in [0.2, 0.25) is 0 Å². The number of rotatable bonds is 5. The molecule has 2 aromatic heterocycles. The van der Waals surface area contributed by atoms with E-state index in [1.165, 1.54) is 28.4 Å². The van der Waals surface area contributed by atoms with Gasteiger partial charge in [-0.2, -0.15) is 0 Å². The summed E-state index contributed by atoms with van der Waals surface area (Å²) in [5.41, 5.74) is 3.94. The summed E-state index contributed by atoms with van der Waals surface area (Å²) in [4.78, 5) is 18.7. The number of carbonyl (C=O) groups is 1. The topological polar surface area (TPSA) is 82.3 Å². The van der Waals surface area contributed by atoms with Crippen molar-refractivity contribution in [2.24, 2.45) is 0 Å². The number of thiophene rings is 1. The van der Waals surface area contributed by atoms with Crippen LogP contribution in [0.5, 0.6) is 0 Å². The van der Waals surface area contributed by atoms with E-state index in [9.17, 15) is 13.2 Å². The number of aromatic nitrogens is 1. The monoisotopic (exact) mass is 479 g/mol. The molecule has 0 spiro atoms. The van der Waals surface area contributed by atoms with Gasteiger partial charge < -0.3 is 9.88 Å². The molecule has 2 N–H and O–H groups in total. The first kappa shape index (κ1) is 21.7. The van der Waals surface area contributed by atoms with Crippen LogP contribution in [0.2, 0.25) is 0 Å². The van der Waals surface area contributed by atoms with E-state index in [0.717, 1.165) is 23.9 Å². The summed E-state index contributed by atoms with van der Waals surface area (Å²) in [5, 5.41) is 2.89. The van der Waals surface area contributed by atoms with Gasteiger partial charge in [0.1, 0.15) is 9.77 Å². The second-order valence-electron chi connectivity index (χ2n) is 8.44. The molecule has 0 atom stereocenters. The lowest BCUT2D eigenvalue weighted by Crippen LogP contribution is -2.38. The number of sulfonamides is 1. The van der Waals surface area contributed by atoms with Gasteiger partial charge in [-0.05, 0) is 60.9 Å². The number of fused-ring (bicyclic) bond motifs is 1. The molecule has 1 amide bonds. The standard InChI is InChI=1S/C25H25N3O3S2/c1-17-6-8-19(9-7-17)27-33(30,31)23-12-15-32-24(23)25(29)28-13-10-18(11-14-28)21-16-26-22-5-3-2-4-20(21)22/h2-9,12,15-16,18,26-27H,10-11,13-14H2,1H3. The first-order valence-electron chi connectivity index (χ1n) is 10.9. The summed E-state index contributed by atoms with van der Waals surface area (Å²) in [6.45, 7) is 3.15. The van der Waals surface area contributed by atoms with Gasteiger partial charge in [0.25, 0.3) is 15.9 Å². The van der Waals surface area contributed by atoms with E-state index in [1.54, 1.807) is 22.4 Å². The molecule has 0 saturated carbocycles. The van der Waals surface area contributed by atoms with Crippen LogP contribution in [-0.2, 0) is 10.0 Å². The van der Waals surface area contributed by atoms with Crippen molar-refractivity contribution in [3.05, 3.63) is 82.2 Å². The number of amides is 1. The Morgan fingerprint density at radius 3 is 2.55 bits per heavy atom. The molecule has 0 radical (unpaired) electrons. The number of anilines is 1. The number of H-pyrrole nitrogens is 1. The van der Waals surface area contributed by atoms with Crippen LogP contribution in [0.3, 0.4) is 0 Å². The summed E-state index contributed by atoms with van der Waals surface area (Å²) in [5.74, 6) is 0.159. The summed E-state index contributed by atoms with van der Waals surface area (Å²) >= 11 is 1.18. The quantitative estimate of drug-likeness (QED) is 0.404. The predicted octanol–water partition coefficient (Wildman–Crippen LogP) is 5.36. The van der Waals surface area contributed by atoms with E-state index in [-0.39, 0.29) is 15.7 Å². The second-order valence-corrected chi connectivity index (χ2v) is 11.0. The third-order valence-corrected chi connectivity index (χ3v) is 8.72. The zero-order valence-electron chi connectivity index (χ0n) is 18.2. The fourth-order valence-corrected chi connectivity index (χ4v) is 6.91. The molecule has 4 aromatic rings. The first-order chi connectivity index (χ1) is 15.9. The SMILES string of the molecule is Cc1ccc(NS(=O)(=O)c2ccsc2C(=O)N2CCC(c3c[nH]c4ccccc34)CC2)cc1. The molecule has 6 nitrogen and oxygen atoms in total. The molecule has 1 saturated heterocycles. The van der Waals surface area contributed by atoms with Crippen LogP contribution in [0.25, 0.3) is 10.9 Å². The van der Waals surface area contributed by atoms with Crippen LogP contribution in [0.1, 0.15) is 39.6 Å². The number of carbonyl (C=O) groups excluding carboxylic acids is 1. The molecule has 1 aliphatic rings. The first-order valence-corrected chi connectivity index (χ1v) is 13.3. The number of piperidine rings is 1. The summed E-state index contributed by atoms with van der Waals surface area (Å²) in [6, 6.07) is 16.9. The molecular weight excluding hydrogens is 454 g/mol. The highest BCUT2D eigenvalue weighted by molar-refractivity contribution is 7.93. The van der Waals surface area contributed by atoms with Crippen molar-refractivity contribution >= 4 is 43.9 Å². The highest BCUT2D eigenvalue weighted by Crippen LogP contribution is 2.34. The normalized spacial score (nSPS) is 15.1. The fourth-order valence-electron chi connectivity index (χ4n) is 4.47. The molecule has 33 heavy (non-hydrogen) atoms. The van der Waals surface area contributed by atoms with Crippen LogP contribution in [0.4, 0.5) is 5.69 Å². The molecule has 8 heteroatoms. The smallest absolute Gasteiger partial charge is 0.265 e. The molecule has 2 aromatic carbocycles. The Morgan fingerprint density at radius 2 is 1.79 bits per heavy atom. The third kappa shape index (κ3) is 4.28. The molecule has 5 rings (SSSR count). The largest absolute Gasteiger partial charge is 0.361 e. The zero-order chi connectivity index (χ0) is 23.0. The van der Waals surface area contributed by atoms with E-state index in [2.05, 4.69) is 28.0 Å². The predicted molar refractivity (Wildman–Crippen MR) is 132 cm³/mol. The van der Waals surface area contributed by atoms with Crippen molar-refractivity contribution in [1.82, 2.24) is 9.88 Å². The van der Waals surface area contributed by atoms with Gasteiger partial charge in [-0.3, -0.25) is 9.52 Å². The lowest BCUT2D eigenvalue weighted by atomic mass is 9.89. The molecule has 170 valence electrons. The van der Waals surface area contributed by atoms with E-state index >= 15 is 0 Å². The average Bonchev–Trinajstić information content (AvgIpc) is 3.48. The highest BCUT2D eigenvalue weighted by atomic mass is 32.2. The third-order valence-electron chi connectivity index (χ3n) is 6.26. The van der Waals surface area contributed by atoms with Crippen molar-refractivity contribution in [3.8, 4) is 0 Å². The van der Waals surface area contributed by atoms with Gasteiger partial charge in [-0.25, -0.2) is 8.42 Å². The Hall–Kier alpha value is -3.10. The number of hydrogen-bond donors (Lipinski definition) is 2. The van der Waals surface area contributed by atoms with Gasteiger partial charge in [0, 0.05) is 35.9 Å². The van der Waals surface area contributed by atoms with Crippen LogP contribution in [0, 0.1) is 6.92 Å². The Bertz CT molecular complexity index is 1400. The summed E-state index contributed by atoms with van der Waals surface area (Å²) in [6.07, 6.45) is 3.78. The minimum atomic E-state index is -3.86. The fraction of sp³-hybridized carbons (Fsp3) is 0.240. The Balaban J connectivity index is 1.30. The van der Waals surface area contributed by atoms with Crippen molar-refractivity contribution < 1.29 is 13.2 Å². The number of aryl methyl sites for hydroxylation is 1. The van der Waals surface area contributed by atoms with Crippen molar-refractivity contribution in [2.75, 3.05) is 17.8 Å².